The molecule has 1 atom stereocenters. The maximum absolute atomic E-state index is 12.1. The van der Waals surface area contributed by atoms with Gasteiger partial charge in [-0.25, -0.2) is 4.79 Å². The molecule has 0 saturated carbocycles. The van der Waals surface area contributed by atoms with E-state index >= 15 is 0 Å². The number of carboxylic acids is 1. The third-order valence-corrected chi connectivity index (χ3v) is 3.85. The first-order valence-electron chi connectivity index (χ1n) is 7.28. The highest BCUT2D eigenvalue weighted by atomic mass is 16.5. The van der Waals surface area contributed by atoms with Crippen LogP contribution in [0.2, 0.25) is 0 Å². The van der Waals surface area contributed by atoms with Crippen molar-refractivity contribution >= 4 is 12.0 Å². The molecular weight excluding hydrogens is 274 g/mol. The minimum Gasteiger partial charge on any atom is -0.481 e. The van der Waals surface area contributed by atoms with E-state index in [1.807, 2.05) is 13.8 Å². The second-order valence-corrected chi connectivity index (χ2v) is 5.17. The van der Waals surface area contributed by atoms with Gasteiger partial charge in [0.2, 0.25) is 0 Å². The summed E-state index contributed by atoms with van der Waals surface area (Å²) in [5.41, 5.74) is 1.79. The van der Waals surface area contributed by atoms with Gasteiger partial charge in [0, 0.05) is 31.6 Å². The highest BCUT2D eigenvalue weighted by Gasteiger charge is 2.30. The number of carbonyl (C=O) groups excluding carboxylic acids is 1. The van der Waals surface area contributed by atoms with Gasteiger partial charge in [-0.1, -0.05) is 19.0 Å². The molecule has 7 nitrogen and oxygen atoms in total. The van der Waals surface area contributed by atoms with Crippen LogP contribution in [0.1, 0.15) is 37.3 Å². The Balaban J connectivity index is 1.93. The Kier molecular flexibility index (Phi) is 4.82. The summed E-state index contributed by atoms with van der Waals surface area (Å²) in [5, 5.41) is 15.8. The van der Waals surface area contributed by atoms with Crippen LogP contribution in [-0.2, 0) is 24.2 Å². The lowest BCUT2D eigenvalue weighted by molar-refractivity contribution is -0.141. The van der Waals surface area contributed by atoms with Crippen molar-refractivity contribution in [2.24, 2.45) is 5.92 Å². The molecule has 1 unspecified atom stereocenters. The van der Waals surface area contributed by atoms with Crippen molar-refractivity contribution in [3.63, 3.8) is 0 Å². The van der Waals surface area contributed by atoms with Crippen LogP contribution in [0.3, 0.4) is 0 Å². The summed E-state index contributed by atoms with van der Waals surface area (Å²) < 4.78 is 5.25. The Morgan fingerprint density at radius 3 is 2.76 bits per heavy atom. The lowest BCUT2D eigenvalue weighted by Gasteiger charge is -2.16. The summed E-state index contributed by atoms with van der Waals surface area (Å²) in [5.74, 6) is -0.508. The van der Waals surface area contributed by atoms with Gasteiger partial charge in [-0.05, 0) is 12.8 Å². The number of urea groups is 1. The van der Waals surface area contributed by atoms with Crippen LogP contribution in [0, 0.1) is 5.92 Å². The molecule has 116 valence electrons. The van der Waals surface area contributed by atoms with Crippen LogP contribution in [0.4, 0.5) is 4.79 Å². The van der Waals surface area contributed by atoms with E-state index in [0.717, 1.165) is 29.9 Å². The van der Waals surface area contributed by atoms with Crippen LogP contribution in [0.15, 0.2) is 4.52 Å². The van der Waals surface area contributed by atoms with E-state index in [9.17, 15) is 9.59 Å². The first kappa shape index (κ1) is 15.3. The van der Waals surface area contributed by atoms with Crippen LogP contribution in [0.25, 0.3) is 0 Å². The van der Waals surface area contributed by atoms with Gasteiger partial charge in [0.25, 0.3) is 0 Å². The minimum absolute atomic E-state index is 0.232. The second-order valence-electron chi connectivity index (χ2n) is 5.17. The molecule has 2 rings (SSSR count). The Bertz CT molecular complexity index is 505. The van der Waals surface area contributed by atoms with E-state index in [1.165, 1.54) is 0 Å². The summed E-state index contributed by atoms with van der Waals surface area (Å²) in [6.45, 7) is 5.08. The zero-order chi connectivity index (χ0) is 15.4. The highest BCUT2D eigenvalue weighted by Crippen LogP contribution is 2.18. The van der Waals surface area contributed by atoms with E-state index in [0.29, 0.717) is 19.5 Å². The van der Waals surface area contributed by atoms with Crippen molar-refractivity contribution < 1.29 is 19.2 Å². The maximum Gasteiger partial charge on any atom is 0.317 e. The van der Waals surface area contributed by atoms with Gasteiger partial charge in [0.15, 0.2) is 0 Å². The largest absolute Gasteiger partial charge is 0.481 e. The first-order valence-corrected chi connectivity index (χ1v) is 7.28. The number of amides is 2. The lowest BCUT2D eigenvalue weighted by atomic mass is 10.1. The molecule has 0 radical (unpaired) electrons. The monoisotopic (exact) mass is 295 g/mol. The Morgan fingerprint density at radius 1 is 1.43 bits per heavy atom. The number of rotatable bonds is 5. The number of likely N-dealkylation sites (tertiary alicyclic amines) is 1. The Hall–Kier alpha value is -2.05. The van der Waals surface area contributed by atoms with Crippen LogP contribution in [-0.4, -0.2) is 40.3 Å². The number of carbonyl (C=O) groups is 2. The molecule has 7 heteroatoms. The fraction of sp³-hybridized carbons (Fsp3) is 0.643. The number of hydrogen-bond donors (Lipinski definition) is 2. The van der Waals surface area contributed by atoms with Crippen LogP contribution < -0.4 is 5.32 Å². The highest BCUT2D eigenvalue weighted by molar-refractivity contribution is 5.77. The third kappa shape index (κ3) is 3.34. The van der Waals surface area contributed by atoms with E-state index < -0.39 is 11.9 Å². The molecule has 1 fully saturated rings. The van der Waals surface area contributed by atoms with Crippen LogP contribution >= 0.6 is 0 Å². The number of aromatic nitrogens is 1. The van der Waals surface area contributed by atoms with Gasteiger partial charge in [0.05, 0.1) is 11.6 Å². The molecule has 1 aliphatic heterocycles. The second kappa shape index (κ2) is 6.60. The average molecular weight is 295 g/mol. The predicted molar refractivity (Wildman–Crippen MR) is 74.8 cm³/mol. The Morgan fingerprint density at radius 2 is 2.19 bits per heavy atom. The molecule has 1 aromatic heterocycles. The van der Waals surface area contributed by atoms with Gasteiger partial charge >= 0.3 is 12.0 Å². The third-order valence-electron chi connectivity index (χ3n) is 3.85. The van der Waals surface area contributed by atoms with Gasteiger partial charge < -0.3 is 19.8 Å². The van der Waals surface area contributed by atoms with Crippen molar-refractivity contribution in [1.82, 2.24) is 15.4 Å². The summed E-state index contributed by atoms with van der Waals surface area (Å²) in [7, 11) is 0. The Labute approximate surface area is 123 Å². The summed E-state index contributed by atoms with van der Waals surface area (Å²) in [4.78, 5) is 24.5. The number of aliphatic carboxylic acids is 1. The normalized spacial score (nSPS) is 18.0. The maximum atomic E-state index is 12.1. The first-order chi connectivity index (χ1) is 10.1. The topological polar surface area (TPSA) is 95.7 Å². The molecule has 1 aliphatic rings. The fourth-order valence-electron chi connectivity index (χ4n) is 2.56. The summed E-state index contributed by atoms with van der Waals surface area (Å²) >= 11 is 0. The number of nitrogens with zero attached hydrogens (tertiary/aromatic N) is 2. The van der Waals surface area contributed by atoms with Gasteiger partial charge in [-0.15, -0.1) is 0 Å². The molecule has 1 saturated heterocycles. The van der Waals surface area contributed by atoms with Gasteiger partial charge in [-0.3, -0.25) is 4.79 Å². The molecule has 2 N–H and O–H groups in total. The van der Waals surface area contributed by atoms with E-state index in [4.69, 9.17) is 9.63 Å². The van der Waals surface area contributed by atoms with Crippen molar-refractivity contribution in [3.8, 4) is 0 Å². The fourth-order valence-corrected chi connectivity index (χ4v) is 2.56. The predicted octanol–water partition coefficient (Wildman–Crippen LogP) is 1.42. The van der Waals surface area contributed by atoms with E-state index in [-0.39, 0.29) is 12.6 Å². The number of aryl methyl sites for hydroxylation is 2. The standard InChI is InChI=1S/C14H21N3O4/c1-3-11-10(12(4-2)21-16-11)7-15-14(20)17-6-5-9(8-17)13(18)19/h9H,3-8H2,1-2H3,(H,15,20)(H,18,19). The minimum atomic E-state index is -0.842. The number of nitrogens with one attached hydrogen (secondary N) is 1. The van der Waals surface area contributed by atoms with E-state index in [1.54, 1.807) is 4.90 Å². The zero-order valence-corrected chi connectivity index (χ0v) is 12.4. The zero-order valence-electron chi connectivity index (χ0n) is 12.4. The molecule has 1 aromatic rings. The molecule has 0 aromatic carbocycles. The smallest absolute Gasteiger partial charge is 0.317 e. The molecule has 21 heavy (non-hydrogen) atoms. The average Bonchev–Trinajstić information content (AvgIpc) is 3.10. The molecule has 0 spiro atoms. The van der Waals surface area contributed by atoms with E-state index in [2.05, 4.69) is 10.5 Å². The summed E-state index contributed by atoms with van der Waals surface area (Å²) in [6.07, 6.45) is 1.99. The molecule has 2 heterocycles. The quantitative estimate of drug-likeness (QED) is 0.856. The van der Waals surface area contributed by atoms with Gasteiger partial charge in [-0.2, -0.15) is 0 Å². The molecule has 2 amide bonds. The van der Waals surface area contributed by atoms with Crippen molar-refractivity contribution in [2.45, 2.75) is 39.7 Å². The van der Waals surface area contributed by atoms with Crippen molar-refractivity contribution in [2.75, 3.05) is 13.1 Å². The van der Waals surface area contributed by atoms with Crippen LogP contribution in [0.5, 0.6) is 0 Å². The molecule has 0 aliphatic carbocycles. The number of hydrogen-bond acceptors (Lipinski definition) is 4. The lowest BCUT2D eigenvalue weighted by Crippen LogP contribution is -2.38. The molecular formula is C14H21N3O4. The SMILES string of the molecule is CCc1noc(CC)c1CNC(=O)N1CCC(C(=O)O)C1. The molecule has 0 bridgehead atoms. The van der Waals surface area contributed by atoms with Crippen molar-refractivity contribution in [3.05, 3.63) is 17.0 Å². The van der Waals surface area contributed by atoms with Crippen molar-refractivity contribution in [1.29, 1.82) is 0 Å². The summed E-state index contributed by atoms with van der Waals surface area (Å²) in [6, 6.07) is -0.232. The van der Waals surface area contributed by atoms with Gasteiger partial charge in [0.1, 0.15) is 5.76 Å². The number of carboxylic acid groups (broad SMARTS) is 1.